The van der Waals surface area contributed by atoms with Gasteiger partial charge in [-0.05, 0) is 27.1 Å². The molecule has 1 rings (SSSR count). The van der Waals surface area contributed by atoms with Crippen molar-refractivity contribution in [2.45, 2.75) is 25.9 Å². The second-order valence-corrected chi connectivity index (χ2v) is 4.76. The average molecular weight is 266 g/mol. The van der Waals surface area contributed by atoms with E-state index in [4.69, 9.17) is 4.74 Å². The molecule has 1 atom stereocenters. The van der Waals surface area contributed by atoms with Crippen LogP contribution in [0.15, 0.2) is 18.9 Å². The van der Waals surface area contributed by atoms with Crippen LogP contribution in [0.25, 0.3) is 0 Å². The van der Waals surface area contributed by atoms with Gasteiger partial charge < -0.3 is 15.0 Å². The van der Waals surface area contributed by atoms with Gasteiger partial charge in [-0.1, -0.05) is 13.0 Å². The smallest absolute Gasteiger partial charge is 0.161 e. The van der Waals surface area contributed by atoms with E-state index in [2.05, 4.69) is 42.9 Å². The summed E-state index contributed by atoms with van der Waals surface area (Å²) in [6, 6.07) is 0.196. The number of ether oxygens (including phenoxy) is 1. The van der Waals surface area contributed by atoms with Crippen molar-refractivity contribution in [1.29, 1.82) is 0 Å². The maximum absolute atomic E-state index is 5.44. The molecule has 0 spiro atoms. The molecule has 5 heteroatoms. The quantitative estimate of drug-likeness (QED) is 0.691. The maximum Gasteiger partial charge on any atom is 0.161 e. The van der Waals surface area contributed by atoms with E-state index >= 15 is 0 Å². The van der Waals surface area contributed by atoms with E-state index in [0.717, 1.165) is 37.5 Å². The van der Waals surface area contributed by atoms with E-state index in [1.807, 2.05) is 10.8 Å². The number of nitrogens with zero attached hydrogens (tertiary/aromatic N) is 3. The van der Waals surface area contributed by atoms with Gasteiger partial charge in [0.15, 0.2) is 5.75 Å². The number of hydrogen-bond acceptors (Lipinski definition) is 4. The normalized spacial score (nSPS) is 12.7. The molecular formula is C14H26N4O. The first kappa shape index (κ1) is 15.7. The van der Waals surface area contributed by atoms with Gasteiger partial charge in [0, 0.05) is 6.54 Å². The highest BCUT2D eigenvalue weighted by atomic mass is 16.5. The van der Waals surface area contributed by atoms with Gasteiger partial charge >= 0.3 is 0 Å². The molecule has 0 saturated heterocycles. The van der Waals surface area contributed by atoms with Crippen molar-refractivity contribution in [3.63, 3.8) is 0 Å². The Labute approximate surface area is 116 Å². The summed E-state index contributed by atoms with van der Waals surface area (Å²) in [5.41, 5.74) is 1.10. The topological polar surface area (TPSA) is 42.3 Å². The molecular weight excluding hydrogens is 240 g/mol. The molecule has 0 amide bonds. The van der Waals surface area contributed by atoms with Gasteiger partial charge in [-0.25, -0.2) is 0 Å². The van der Waals surface area contributed by atoms with Crippen molar-refractivity contribution in [3.8, 4) is 5.75 Å². The summed E-state index contributed by atoms with van der Waals surface area (Å²) in [7, 11) is 5.81. The Morgan fingerprint density at radius 1 is 1.58 bits per heavy atom. The zero-order valence-electron chi connectivity index (χ0n) is 12.5. The van der Waals surface area contributed by atoms with Crippen LogP contribution in [0.3, 0.4) is 0 Å². The molecule has 0 aliphatic carbocycles. The Morgan fingerprint density at radius 2 is 2.32 bits per heavy atom. The zero-order chi connectivity index (χ0) is 14.3. The van der Waals surface area contributed by atoms with Crippen LogP contribution in [0.4, 0.5) is 0 Å². The lowest BCUT2D eigenvalue weighted by Crippen LogP contribution is -2.26. The molecule has 0 radical (unpaired) electrons. The lowest BCUT2D eigenvalue weighted by molar-refractivity contribution is 0.355. The van der Waals surface area contributed by atoms with Crippen LogP contribution in [0.2, 0.25) is 0 Å². The molecule has 0 bridgehead atoms. The van der Waals surface area contributed by atoms with E-state index in [9.17, 15) is 0 Å². The summed E-state index contributed by atoms with van der Waals surface area (Å²) in [4.78, 5) is 2.15. The maximum atomic E-state index is 5.44. The molecule has 0 aliphatic rings. The van der Waals surface area contributed by atoms with E-state index in [-0.39, 0.29) is 6.04 Å². The summed E-state index contributed by atoms with van der Waals surface area (Å²) >= 11 is 0. The van der Waals surface area contributed by atoms with Crippen LogP contribution in [0, 0.1) is 0 Å². The largest absolute Gasteiger partial charge is 0.493 e. The Balaban J connectivity index is 2.97. The van der Waals surface area contributed by atoms with Crippen LogP contribution in [0.1, 0.15) is 25.1 Å². The van der Waals surface area contributed by atoms with E-state index < -0.39 is 0 Å². The summed E-state index contributed by atoms with van der Waals surface area (Å²) in [5.74, 6) is 0.839. The number of nitrogens with one attached hydrogen (secondary N) is 1. The van der Waals surface area contributed by atoms with Gasteiger partial charge in [0.05, 0.1) is 31.6 Å². The first-order chi connectivity index (χ1) is 9.13. The highest BCUT2D eigenvalue weighted by Gasteiger charge is 2.20. The lowest BCUT2D eigenvalue weighted by atomic mass is 10.1. The van der Waals surface area contributed by atoms with Crippen molar-refractivity contribution in [1.82, 2.24) is 20.0 Å². The first-order valence-electron chi connectivity index (χ1n) is 6.72. The van der Waals surface area contributed by atoms with Crippen LogP contribution >= 0.6 is 0 Å². The second-order valence-electron chi connectivity index (χ2n) is 4.76. The van der Waals surface area contributed by atoms with Gasteiger partial charge in [0.2, 0.25) is 0 Å². The zero-order valence-corrected chi connectivity index (χ0v) is 12.5. The SMILES string of the molecule is C=CCC(NCC)c1c(OC)cnn1CCN(C)C. The molecule has 19 heavy (non-hydrogen) atoms. The highest BCUT2D eigenvalue weighted by molar-refractivity contribution is 5.29. The third-order valence-electron chi connectivity index (χ3n) is 3.01. The summed E-state index contributed by atoms with van der Waals surface area (Å²) < 4.78 is 7.46. The minimum Gasteiger partial charge on any atom is -0.493 e. The van der Waals surface area contributed by atoms with E-state index in [0.29, 0.717) is 0 Å². The van der Waals surface area contributed by atoms with Crippen LogP contribution in [0.5, 0.6) is 5.75 Å². The fourth-order valence-corrected chi connectivity index (χ4v) is 2.06. The number of hydrogen-bond donors (Lipinski definition) is 1. The summed E-state index contributed by atoms with van der Waals surface area (Å²) in [6.07, 6.45) is 4.58. The van der Waals surface area contributed by atoms with E-state index in [1.54, 1.807) is 13.3 Å². The van der Waals surface area contributed by atoms with Crippen molar-refractivity contribution < 1.29 is 4.74 Å². The molecule has 1 N–H and O–H groups in total. The van der Waals surface area contributed by atoms with Crippen molar-refractivity contribution in [2.24, 2.45) is 0 Å². The predicted molar refractivity (Wildman–Crippen MR) is 78.6 cm³/mol. The fourth-order valence-electron chi connectivity index (χ4n) is 2.06. The van der Waals surface area contributed by atoms with Gasteiger partial charge in [0.25, 0.3) is 0 Å². The molecule has 0 aromatic carbocycles. The van der Waals surface area contributed by atoms with Crippen molar-refractivity contribution >= 4 is 0 Å². The molecule has 108 valence electrons. The summed E-state index contributed by atoms with van der Waals surface area (Å²) in [5, 5.41) is 7.90. The number of aromatic nitrogens is 2. The summed E-state index contributed by atoms with van der Waals surface area (Å²) in [6.45, 7) is 8.64. The van der Waals surface area contributed by atoms with E-state index in [1.165, 1.54) is 0 Å². The fraction of sp³-hybridized carbons (Fsp3) is 0.643. The molecule has 1 aromatic heterocycles. The van der Waals surface area contributed by atoms with Crippen molar-refractivity contribution in [3.05, 3.63) is 24.5 Å². The van der Waals surface area contributed by atoms with Crippen LogP contribution < -0.4 is 10.1 Å². The molecule has 0 aliphatic heterocycles. The van der Waals surface area contributed by atoms with Gasteiger partial charge in [0.1, 0.15) is 0 Å². The molecule has 1 aromatic rings. The Morgan fingerprint density at radius 3 is 2.84 bits per heavy atom. The molecule has 5 nitrogen and oxygen atoms in total. The molecule has 0 fully saturated rings. The number of likely N-dealkylation sites (N-methyl/N-ethyl adjacent to an activating group) is 1. The Kier molecular flexibility index (Phi) is 6.59. The highest BCUT2D eigenvalue weighted by Crippen LogP contribution is 2.27. The standard InChI is InChI=1S/C14H26N4O/c1-6-8-12(15-7-2)14-13(19-5)11-16-18(14)10-9-17(3)4/h6,11-12,15H,1,7-10H2,2-5H3. The Hall–Kier alpha value is -1.33. The minimum atomic E-state index is 0.196. The third-order valence-corrected chi connectivity index (χ3v) is 3.01. The van der Waals surface area contributed by atoms with Gasteiger partial charge in [-0.3, -0.25) is 4.68 Å². The molecule has 0 saturated carbocycles. The molecule has 1 unspecified atom stereocenters. The average Bonchev–Trinajstić information content (AvgIpc) is 2.78. The van der Waals surface area contributed by atoms with Crippen LogP contribution in [-0.2, 0) is 6.54 Å². The monoisotopic (exact) mass is 266 g/mol. The van der Waals surface area contributed by atoms with Crippen LogP contribution in [-0.4, -0.2) is 49.0 Å². The second kappa shape index (κ2) is 7.96. The first-order valence-corrected chi connectivity index (χ1v) is 6.72. The Bertz CT molecular complexity index is 387. The number of rotatable bonds is 9. The molecule has 1 heterocycles. The van der Waals surface area contributed by atoms with Crippen molar-refractivity contribution in [2.75, 3.05) is 34.3 Å². The van der Waals surface area contributed by atoms with Gasteiger partial charge in [-0.15, -0.1) is 6.58 Å². The number of methoxy groups -OCH3 is 1. The minimum absolute atomic E-state index is 0.196. The van der Waals surface area contributed by atoms with Gasteiger partial charge in [-0.2, -0.15) is 5.10 Å². The predicted octanol–water partition coefficient (Wildman–Crippen LogP) is 1.68. The third kappa shape index (κ3) is 4.36. The lowest BCUT2D eigenvalue weighted by Gasteiger charge is -2.20.